The fourth-order valence-corrected chi connectivity index (χ4v) is 3.46. The molecule has 2 N–H and O–H groups in total. The Bertz CT molecular complexity index is 772. The number of benzene rings is 1. The zero-order chi connectivity index (χ0) is 17.8. The Morgan fingerprint density at radius 1 is 1.32 bits per heavy atom. The number of fused-ring (bicyclic) bond motifs is 1. The van der Waals surface area contributed by atoms with Crippen LogP contribution in [-0.4, -0.2) is 53.9 Å². The molecule has 6 heteroatoms. The standard InChI is InChI=1S/C19H24N4O2/c1-13(20-2)17-8-5-11-23(17)18(24)12-22-19(25)15-9-10-21-16-7-4-3-6-14(15)16/h3-4,6-7,9-10,13,17,20H,5,8,11-12H2,1-2H3,(H,22,25)/t13?,17-/m0/s1. The minimum Gasteiger partial charge on any atom is -0.343 e. The molecule has 0 spiro atoms. The Morgan fingerprint density at radius 2 is 2.12 bits per heavy atom. The number of hydrogen-bond donors (Lipinski definition) is 2. The number of aromatic nitrogens is 1. The Hall–Kier alpha value is -2.47. The summed E-state index contributed by atoms with van der Waals surface area (Å²) >= 11 is 0. The molecule has 1 aromatic carbocycles. The number of likely N-dealkylation sites (N-methyl/N-ethyl adjacent to an activating group) is 1. The smallest absolute Gasteiger partial charge is 0.252 e. The summed E-state index contributed by atoms with van der Waals surface area (Å²) in [5.74, 6) is -0.277. The Kier molecular flexibility index (Phi) is 5.28. The molecular weight excluding hydrogens is 316 g/mol. The van der Waals surface area contributed by atoms with Gasteiger partial charge in [-0.25, -0.2) is 0 Å². The van der Waals surface area contributed by atoms with Crippen LogP contribution in [0.25, 0.3) is 10.9 Å². The molecule has 0 radical (unpaired) electrons. The maximum absolute atomic E-state index is 12.5. The van der Waals surface area contributed by atoms with Gasteiger partial charge in [0.05, 0.1) is 17.6 Å². The Morgan fingerprint density at radius 3 is 2.92 bits per heavy atom. The van der Waals surface area contributed by atoms with Crippen molar-refractivity contribution in [3.63, 3.8) is 0 Å². The highest BCUT2D eigenvalue weighted by molar-refractivity contribution is 6.06. The number of para-hydroxylation sites is 1. The lowest BCUT2D eigenvalue weighted by Crippen LogP contribution is -2.49. The molecule has 1 aliphatic heterocycles. The molecule has 1 fully saturated rings. The number of amides is 2. The number of hydrogen-bond acceptors (Lipinski definition) is 4. The SMILES string of the molecule is CNC(C)[C@@H]1CCCN1C(=O)CNC(=O)c1ccnc2ccccc12. The lowest BCUT2D eigenvalue weighted by atomic mass is 10.1. The molecule has 2 atom stereocenters. The van der Waals surface area contributed by atoms with Crippen molar-refractivity contribution >= 4 is 22.7 Å². The predicted octanol–water partition coefficient (Wildman–Crippen LogP) is 1.56. The monoisotopic (exact) mass is 340 g/mol. The summed E-state index contributed by atoms with van der Waals surface area (Å²) in [5, 5.41) is 6.77. The highest BCUT2D eigenvalue weighted by Gasteiger charge is 2.31. The lowest BCUT2D eigenvalue weighted by Gasteiger charge is -2.29. The third kappa shape index (κ3) is 3.64. The first-order valence-electron chi connectivity index (χ1n) is 8.70. The van der Waals surface area contributed by atoms with Crippen molar-refractivity contribution in [2.45, 2.75) is 31.8 Å². The first kappa shape index (κ1) is 17.4. The van der Waals surface area contributed by atoms with Crippen LogP contribution in [0.5, 0.6) is 0 Å². The maximum atomic E-state index is 12.5. The number of rotatable bonds is 5. The third-order valence-electron chi connectivity index (χ3n) is 4.95. The van der Waals surface area contributed by atoms with Gasteiger partial charge >= 0.3 is 0 Å². The van der Waals surface area contributed by atoms with Crippen molar-refractivity contribution in [2.24, 2.45) is 0 Å². The van der Waals surface area contributed by atoms with Crippen molar-refractivity contribution in [3.05, 3.63) is 42.1 Å². The van der Waals surface area contributed by atoms with E-state index in [4.69, 9.17) is 0 Å². The van der Waals surface area contributed by atoms with Gasteiger partial charge in [-0.15, -0.1) is 0 Å². The van der Waals surface area contributed by atoms with Gasteiger partial charge in [-0.05, 0) is 38.9 Å². The molecule has 2 amide bonds. The van der Waals surface area contributed by atoms with Crippen LogP contribution in [0.3, 0.4) is 0 Å². The molecule has 1 aromatic heterocycles. The number of nitrogens with zero attached hydrogens (tertiary/aromatic N) is 2. The molecule has 1 aliphatic rings. The van der Waals surface area contributed by atoms with Crippen LogP contribution in [0, 0.1) is 0 Å². The van der Waals surface area contributed by atoms with Gasteiger partial charge in [0.2, 0.25) is 5.91 Å². The molecule has 132 valence electrons. The van der Waals surface area contributed by atoms with E-state index in [1.165, 1.54) is 0 Å². The molecule has 0 saturated carbocycles. The summed E-state index contributed by atoms with van der Waals surface area (Å²) in [6.07, 6.45) is 3.62. The fourth-order valence-electron chi connectivity index (χ4n) is 3.46. The maximum Gasteiger partial charge on any atom is 0.252 e. The van der Waals surface area contributed by atoms with Gasteiger partial charge in [0, 0.05) is 30.2 Å². The minimum atomic E-state index is -0.246. The summed E-state index contributed by atoms with van der Waals surface area (Å²) < 4.78 is 0. The van der Waals surface area contributed by atoms with Crippen LogP contribution < -0.4 is 10.6 Å². The van der Waals surface area contributed by atoms with Crippen LogP contribution in [0.2, 0.25) is 0 Å². The molecule has 3 rings (SSSR count). The van der Waals surface area contributed by atoms with Crippen molar-refractivity contribution in [2.75, 3.05) is 20.1 Å². The normalized spacial score (nSPS) is 18.3. The Balaban J connectivity index is 1.66. The number of pyridine rings is 1. The highest BCUT2D eigenvalue weighted by Crippen LogP contribution is 2.20. The molecule has 25 heavy (non-hydrogen) atoms. The minimum absolute atomic E-state index is 0.0163. The summed E-state index contributed by atoms with van der Waals surface area (Å²) in [6, 6.07) is 9.61. The predicted molar refractivity (Wildman–Crippen MR) is 97.3 cm³/mol. The van der Waals surface area contributed by atoms with E-state index in [1.807, 2.05) is 36.2 Å². The van der Waals surface area contributed by atoms with E-state index < -0.39 is 0 Å². The second-order valence-electron chi connectivity index (χ2n) is 6.43. The van der Waals surface area contributed by atoms with E-state index in [0.717, 1.165) is 30.3 Å². The van der Waals surface area contributed by atoms with Gasteiger partial charge in [0.25, 0.3) is 5.91 Å². The summed E-state index contributed by atoms with van der Waals surface area (Å²) in [6.45, 7) is 2.85. The van der Waals surface area contributed by atoms with Gasteiger partial charge in [-0.2, -0.15) is 0 Å². The van der Waals surface area contributed by atoms with Gasteiger partial charge in [-0.1, -0.05) is 18.2 Å². The van der Waals surface area contributed by atoms with Crippen LogP contribution >= 0.6 is 0 Å². The van der Waals surface area contributed by atoms with E-state index in [9.17, 15) is 9.59 Å². The van der Waals surface area contributed by atoms with Crippen molar-refractivity contribution in [3.8, 4) is 0 Å². The van der Waals surface area contributed by atoms with E-state index >= 15 is 0 Å². The van der Waals surface area contributed by atoms with Crippen LogP contribution in [0.15, 0.2) is 36.5 Å². The number of likely N-dealkylation sites (tertiary alicyclic amines) is 1. The molecular formula is C19H24N4O2. The molecule has 1 unspecified atom stereocenters. The van der Waals surface area contributed by atoms with Crippen molar-refractivity contribution < 1.29 is 9.59 Å². The summed E-state index contributed by atoms with van der Waals surface area (Å²) in [4.78, 5) is 31.2. The van der Waals surface area contributed by atoms with E-state index in [2.05, 4.69) is 22.5 Å². The van der Waals surface area contributed by atoms with Gasteiger partial charge in [0.15, 0.2) is 0 Å². The van der Waals surface area contributed by atoms with Crippen LogP contribution in [0.4, 0.5) is 0 Å². The van der Waals surface area contributed by atoms with E-state index in [1.54, 1.807) is 12.3 Å². The number of carbonyl (C=O) groups excluding carboxylic acids is 2. The second-order valence-corrected chi connectivity index (χ2v) is 6.43. The van der Waals surface area contributed by atoms with Crippen LogP contribution in [-0.2, 0) is 4.79 Å². The zero-order valence-electron chi connectivity index (χ0n) is 14.7. The average molecular weight is 340 g/mol. The number of carbonyl (C=O) groups is 2. The van der Waals surface area contributed by atoms with Gasteiger partial charge < -0.3 is 15.5 Å². The largest absolute Gasteiger partial charge is 0.343 e. The zero-order valence-corrected chi connectivity index (χ0v) is 14.7. The van der Waals surface area contributed by atoms with Gasteiger partial charge in [0.1, 0.15) is 0 Å². The molecule has 6 nitrogen and oxygen atoms in total. The lowest BCUT2D eigenvalue weighted by molar-refractivity contribution is -0.131. The fraction of sp³-hybridized carbons (Fsp3) is 0.421. The molecule has 2 heterocycles. The molecule has 2 aromatic rings. The highest BCUT2D eigenvalue weighted by atomic mass is 16.2. The van der Waals surface area contributed by atoms with Crippen molar-refractivity contribution in [1.29, 1.82) is 0 Å². The van der Waals surface area contributed by atoms with E-state index in [-0.39, 0.29) is 30.4 Å². The topological polar surface area (TPSA) is 74.3 Å². The Labute approximate surface area is 147 Å². The second kappa shape index (κ2) is 7.61. The third-order valence-corrected chi connectivity index (χ3v) is 4.95. The summed E-state index contributed by atoms with van der Waals surface area (Å²) in [7, 11) is 1.90. The molecule has 0 aliphatic carbocycles. The molecule has 0 bridgehead atoms. The van der Waals surface area contributed by atoms with Crippen molar-refractivity contribution in [1.82, 2.24) is 20.5 Å². The quantitative estimate of drug-likeness (QED) is 0.866. The molecule has 1 saturated heterocycles. The average Bonchev–Trinajstić information content (AvgIpc) is 3.14. The first-order chi connectivity index (χ1) is 12.1. The first-order valence-corrected chi connectivity index (χ1v) is 8.70. The van der Waals surface area contributed by atoms with Gasteiger partial charge in [-0.3, -0.25) is 14.6 Å². The van der Waals surface area contributed by atoms with Crippen LogP contribution in [0.1, 0.15) is 30.1 Å². The summed E-state index contributed by atoms with van der Waals surface area (Å²) in [5.41, 5.74) is 1.31. The number of nitrogens with one attached hydrogen (secondary N) is 2. The van der Waals surface area contributed by atoms with E-state index in [0.29, 0.717) is 5.56 Å².